The van der Waals surface area contributed by atoms with Gasteiger partial charge in [-0.05, 0) is 38.1 Å². The summed E-state index contributed by atoms with van der Waals surface area (Å²) < 4.78 is 0. The van der Waals surface area contributed by atoms with Gasteiger partial charge in [0.05, 0.1) is 18.5 Å². The minimum absolute atomic E-state index is 0.0776. The Morgan fingerprint density at radius 3 is 2.74 bits per heavy atom. The van der Waals surface area contributed by atoms with E-state index in [0.29, 0.717) is 12.5 Å². The maximum absolute atomic E-state index is 11.3. The number of Topliss-reactive ketones (excluding diaryl/α,β-unsaturated/α-hetero) is 1. The molecule has 19 heavy (non-hydrogen) atoms. The van der Waals surface area contributed by atoms with E-state index in [1.807, 2.05) is 24.3 Å². The fraction of sp³-hybridized carbons (Fsp3) is 0.467. The molecule has 0 aliphatic carbocycles. The molecule has 2 unspecified atom stereocenters. The highest BCUT2D eigenvalue weighted by molar-refractivity contribution is 5.94. The lowest BCUT2D eigenvalue weighted by atomic mass is 10.0. The Bertz CT molecular complexity index is 489. The van der Waals surface area contributed by atoms with Crippen LogP contribution in [0.25, 0.3) is 0 Å². The molecule has 0 amide bonds. The van der Waals surface area contributed by atoms with Gasteiger partial charge in [0.25, 0.3) is 0 Å². The zero-order valence-electron chi connectivity index (χ0n) is 11.4. The van der Waals surface area contributed by atoms with Crippen LogP contribution in [0.15, 0.2) is 24.3 Å². The predicted octanol–water partition coefficient (Wildman–Crippen LogP) is 1.97. The lowest BCUT2D eigenvalue weighted by Gasteiger charge is -2.40. The van der Waals surface area contributed by atoms with Gasteiger partial charge in [-0.15, -0.1) is 0 Å². The Hall–Kier alpha value is -1.86. The molecule has 1 N–H and O–H groups in total. The van der Waals surface area contributed by atoms with Crippen molar-refractivity contribution in [3.8, 4) is 6.07 Å². The number of nitriles is 1. The number of hydrogen-bond acceptors (Lipinski definition) is 4. The van der Waals surface area contributed by atoms with Crippen molar-refractivity contribution in [1.29, 1.82) is 5.26 Å². The normalized spacial score (nSPS) is 22.9. The summed E-state index contributed by atoms with van der Waals surface area (Å²) >= 11 is 0. The van der Waals surface area contributed by atoms with Crippen molar-refractivity contribution in [1.82, 2.24) is 5.32 Å². The van der Waals surface area contributed by atoms with Gasteiger partial charge in [0.15, 0.2) is 5.78 Å². The average molecular weight is 257 g/mol. The summed E-state index contributed by atoms with van der Waals surface area (Å²) in [5.74, 6) is 0.0776. The Balaban J connectivity index is 2.21. The van der Waals surface area contributed by atoms with E-state index in [2.05, 4.69) is 23.2 Å². The molecule has 1 heterocycles. The van der Waals surface area contributed by atoms with Crippen LogP contribution in [0.5, 0.6) is 0 Å². The zero-order valence-corrected chi connectivity index (χ0v) is 11.4. The van der Waals surface area contributed by atoms with Crippen LogP contribution in [0.1, 0.15) is 30.6 Å². The Labute approximate surface area is 114 Å². The molecular weight excluding hydrogens is 238 g/mol. The van der Waals surface area contributed by atoms with E-state index < -0.39 is 0 Å². The smallest absolute Gasteiger partial charge is 0.159 e. The van der Waals surface area contributed by atoms with Gasteiger partial charge in [-0.1, -0.05) is 0 Å². The van der Waals surface area contributed by atoms with Crippen LogP contribution in [-0.4, -0.2) is 31.0 Å². The van der Waals surface area contributed by atoms with E-state index in [1.165, 1.54) is 0 Å². The van der Waals surface area contributed by atoms with Gasteiger partial charge >= 0.3 is 0 Å². The fourth-order valence-electron chi connectivity index (χ4n) is 2.45. The molecule has 0 spiro atoms. The second-order valence-electron chi connectivity index (χ2n) is 5.08. The van der Waals surface area contributed by atoms with Crippen molar-refractivity contribution in [2.75, 3.05) is 18.0 Å². The van der Waals surface area contributed by atoms with Gasteiger partial charge < -0.3 is 10.2 Å². The number of hydrogen-bond donors (Lipinski definition) is 1. The largest absolute Gasteiger partial charge is 0.365 e. The molecule has 1 aromatic carbocycles. The molecule has 1 aromatic rings. The Kier molecular flexibility index (Phi) is 4.18. The van der Waals surface area contributed by atoms with E-state index >= 15 is 0 Å². The molecule has 0 radical (unpaired) electrons. The molecule has 100 valence electrons. The number of piperazine rings is 1. The van der Waals surface area contributed by atoms with Crippen molar-refractivity contribution >= 4 is 11.5 Å². The third-order valence-electron chi connectivity index (χ3n) is 3.55. The predicted molar refractivity (Wildman–Crippen MR) is 75.3 cm³/mol. The molecule has 1 aliphatic heterocycles. The number of nitrogens with one attached hydrogen (secondary N) is 1. The van der Waals surface area contributed by atoms with Gasteiger partial charge in [-0.3, -0.25) is 4.79 Å². The number of benzene rings is 1. The summed E-state index contributed by atoms with van der Waals surface area (Å²) in [5, 5.41) is 12.3. The molecule has 1 fully saturated rings. The maximum Gasteiger partial charge on any atom is 0.159 e. The highest BCUT2D eigenvalue weighted by atomic mass is 16.1. The lowest BCUT2D eigenvalue weighted by Crippen LogP contribution is -2.55. The van der Waals surface area contributed by atoms with Gasteiger partial charge in [-0.25, -0.2) is 0 Å². The van der Waals surface area contributed by atoms with Crippen molar-refractivity contribution in [3.05, 3.63) is 29.8 Å². The number of carbonyl (C=O) groups is 1. The highest BCUT2D eigenvalue weighted by Crippen LogP contribution is 2.22. The summed E-state index contributed by atoms with van der Waals surface area (Å²) in [7, 11) is 0. The maximum atomic E-state index is 11.3. The highest BCUT2D eigenvalue weighted by Gasteiger charge is 2.25. The van der Waals surface area contributed by atoms with Crippen molar-refractivity contribution in [2.45, 2.75) is 32.4 Å². The first-order chi connectivity index (χ1) is 9.11. The van der Waals surface area contributed by atoms with Crippen LogP contribution in [0.4, 0.5) is 5.69 Å². The molecule has 1 saturated heterocycles. The molecule has 0 aromatic heterocycles. The Morgan fingerprint density at radius 2 is 2.16 bits per heavy atom. The van der Waals surface area contributed by atoms with Crippen LogP contribution in [0, 0.1) is 11.3 Å². The summed E-state index contributed by atoms with van der Waals surface area (Å²) in [6.45, 7) is 5.41. The SMILES string of the molecule is CC(=O)c1ccc(N2CC(C)NCC2CC#N)cc1. The first-order valence-corrected chi connectivity index (χ1v) is 6.60. The number of anilines is 1. The third-order valence-corrected chi connectivity index (χ3v) is 3.55. The molecule has 4 heteroatoms. The van der Waals surface area contributed by atoms with E-state index in [9.17, 15) is 4.79 Å². The first-order valence-electron chi connectivity index (χ1n) is 6.60. The van der Waals surface area contributed by atoms with E-state index in [4.69, 9.17) is 5.26 Å². The third kappa shape index (κ3) is 3.12. The second-order valence-corrected chi connectivity index (χ2v) is 5.08. The van der Waals surface area contributed by atoms with Crippen LogP contribution in [0.3, 0.4) is 0 Å². The standard InChI is InChI=1S/C15H19N3O/c1-11-10-18(15(7-8-16)9-17-11)14-5-3-13(4-6-14)12(2)19/h3-6,11,15,17H,7,9-10H2,1-2H3. The number of ketones is 1. The van der Waals surface area contributed by atoms with Crippen molar-refractivity contribution in [2.24, 2.45) is 0 Å². The van der Waals surface area contributed by atoms with Crippen LogP contribution in [0.2, 0.25) is 0 Å². The molecule has 2 rings (SSSR count). The van der Waals surface area contributed by atoms with Gasteiger partial charge in [-0.2, -0.15) is 5.26 Å². The minimum atomic E-state index is 0.0776. The summed E-state index contributed by atoms with van der Waals surface area (Å²) in [4.78, 5) is 13.5. The van der Waals surface area contributed by atoms with Crippen molar-refractivity contribution in [3.63, 3.8) is 0 Å². The molecule has 4 nitrogen and oxygen atoms in total. The number of rotatable bonds is 3. The molecule has 0 bridgehead atoms. The zero-order chi connectivity index (χ0) is 13.8. The van der Waals surface area contributed by atoms with Crippen LogP contribution in [-0.2, 0) is 0 Å². The number of nitrogens with zero attached hydrogens (tertiary/aromatic N) is 2. The topological polar surface area (TPSA) is 56.1 Å². The van der Waals surface area contributed by atoms with Gasteiger partial charge in [0.1, 0.15) is 0 Å². The van der Waals surface area contributed by atoms with E-state index in [1.54, 1.807) is 6.92 Å². The van der Waals surface area contributed by atoms with Crippen LogP contribution < -0.4 is 10.2 Å². The molecule has 2 atom stereocenters. The summed E-state index contributed by atoms with van der Waals surface area (Å²) in [6.07, 6.45) is 0.508. The monoisotopic (exact) mass is 257 g/mol. The second kappa shape index (κ2) is 5.85. The Morgan fingerprint density at radius 1 is 1.47 bits per heavy atom. The average Bonchev–Trinajstić information content (AvgIpc) is 2.41. The van der Waals surface area contributed by atoms with E-state index in [0.717, 1.165) is 24.3 Å². The summed E-state index contributed by atoms with van der Waals surface area (Å²) in [5.41, 5.74) is 1.81. The first kappa shape index (κ1) is 13.6. The van der Waals surface area contributed by atoms with E-state index in [-0.39, 0.29) is 11.8 Å². The minimum Gasteiger partial charge on any atom is -0.365 e. The van der Waals surface area contributed by atoms with Crippen LogP contribution >= 0.6 is 0 Å². The molecular formula is C15H19N3O. The fourth-order valence-corrected chi connectivity index (χ4v) is 2.45. The summed E-state index contributed by atoms with van der Waals surface area (Å²) in [6, 6.07) is 10.5. The molecule has 1 aliphatic rings. The van der Waals surface area contributed by atoms with Gasteiger partial charge in [0.2, 0.25) is 0 Å². The lowest BCUT2D eigenvalue weighted by molar-refractivity contribution is 0.101. The van der Waals surface area contributed by atoms with Gasteiger partial charge in [0, 0.05) is 30.4 Å². The molecule has 0 saturated carbocycles. The quantitative estimate of drug-likeness (QED) is 0.841. The number of carbonyl (C=O) groups excluding carboxylic acids is 1. The van der Waals surface area contributed by atoms with Crippen molar-refractivity contribution < 1.29 is 4.79 Å².